The Kier molecular flexibility index (Phi) is 5.59. The van der Waals surface area contributed by atoms with Crippen molar-refractivity contribution in [2.24, 2.45) is 0 Å². The average Bonchev–Trinajstić information content (AvgIpc) is 3.41. The van der Waals surface area contributed by atoms with E-state index in [1.807, 2.05) is 36.4 Å². The Balaban J connectivity index is 0.000000245. The van der Waals surface area contributed by atoms with Gasteiger partial charge in [-0.05, 0) is 24.6 Å². The van der Waals surface area contributed by atoms with Crippen molar-refractivity contribution in [1.82, 2.24) is 35.0 Å². The maximum Gasteiger partial charge on any atom is 0.251 e. The number of hydrogen-bond acceptors (Lipinski definition) is 8. The highest BCUT2D eigenvalue weighted by molar-refractivity contribution is 6.29. The van der Waals surface area contributed by atoms with Crippen LogP contribution in [0, 0.1) is 0 Å². The van der Waals surface area contributed by atoms with Gasteiger partial charge in [0.05, 0.1) is 16.9 Å². The van der Waals surface area contributed by atoms with Gasteiger partial charge in [0.25, 0.3) is 5.91 Å². The number of aliphatic hydroxyl groups is 1. The summed E-state index contributed by atoms with van der Waals surface area (Å²) >= 11 is 0. The summed E-state index contributed by atoms with van der Waals surface area (Å²) in [5.41, 5.74) is 9.79. The van der Waals surface area contributed by atoms with E-state index in [-0.39, 0.29) is 17.4 Å². The van der Waals surface area contributed by atoms with Crippen LogP contribution in [0.1, 0.15) is 6.42 Å². The third-order valence-electron chi connectivity index (χ3n) is 4.83. The highest BCUT2D eigenvalue weighted by Gasteiger charge is 2.26. The van der Waals surface area contributed by atoms with Crippen LogP contribution in [0.15, 0.2) is 42.7 Å². The fourth-order valence-corrected chi connectivity index (χ4v) is 3.19. The van der Waals surface area contributed by atoms with E-state index in [0.29, 0.717) is 29.8 Å². The Labute approximate surface area is 179 Å². The molecule has 0 aliphatic carbocycles. The Morgan fingerprint density at radius 3 is 2.65 bits per heavy atom. The molecule has 1 amide bonds. The molecule has 1 aliphatic heterocycles. The zero-order chi connectivity index (χ0) is 22.0. The van der Waals surface area contributed by atoms with Crippen LogP contribution in [0.5, 0.6) is 0 Å². The van der Waals surface area contributed by atoms with E-state index in [1.165, 1.54) is 11.2 Å². The first-order valence-corrected chi connectivity index (χ1v) is 9.51. The number of nitrogens with one attached hydrogen (secondary N) is 1. The Hall–Kier alpha value is -3.86. The second-order valence-corrected chi connectivity index (χ2v) is 7.01. The topological polar surface area (TPSA) is 147 Å². The van der Waals surface area contributed by atoms with Crippen LogP contribution in [0.25, 0.3) is 33.7 Å². The molecular formula is C20H19BN8O2. The zero-order valence-electron chi connectivity index (χ0n) is 16.7. The maximum atomic E-state index is 10.6. The number of aromatic nitrogens is 6. The van der Waals surface area contributed by atoms with Crippen molar-refractivity contribution in [2.75, 3.05) is 19.3 Å². The van der Waals surface area contributed by atoms with E-state index in [9.17, 15) is 4.79 Å². The summed E-state index contributed by atoms with van der Waals surface area (Å²) < 4.78 is 0. The highest BCUT2D eigenvalue weighted by Crippen LogP contribution is 2.25. The van der Waals surface area contributed by atoms with Gasteiger partial charge in [-0.15, -0.1) is 0 Å². The first-order chi connectivity index (χ1) is 14.9. The molecule has 1 atom stereocenters. The number of aliphatic hydroxyl groups excluding tert-OH is 1. The maximum absolute atomic E-state index is 10.6. The predicted octanol–water partition coefficient (Wildman–Crippen LogP) is 0.0623. The van der Waals surface area contributed by atoms with Crippen LogP contribution >= 0.6 is 0 Å². The second-order valence-electron chi connectivity index (χ2n) is 7.01. The molecule has 0 spiro atoms. The normalized spacial score (nSPS) is 15.7. The standard InChI is InChI=1S/C15H10BN7.C5H9NO2/c16-15-21-11-5-4-10(20-12(11)13(17)22-15)8-2-1-3-9(6-8)14-18-7-19-23-14;1-6-3-2-4(7)5(6)8/h1-7H,(H2,17,21,22)(H,18,19,23);4,7H,2-3H2,1H3. The lowest BCUT2D eigenvalue weighted by atomic mass is 10.1. The summed E-state index contributed by atoms with van der Waals surface area (Å²) in [5, 5.41) is 15.5. The monoisotopic (exact) mass is 414 g/mol. The SMILES string of the molecule is CN1CCC(O)C1=O.[B]c1nc(N)c2nc(-c3cccc(-c4ncn[nH]4)c3)ccc2n1. The number of benzene rings is 1. The molecular weight excluding hydrogens is 395 g/mol. The summed E-state index contributed by atoms with van der Waals surface area (Å²) in [7, 11) is 7.29. The van der Waals surface area contributed by atoms with Crippen LogP contribution in [-0.2, 0) is 4.79 Å². The molecule has 4 heterocycles. The number of anilines is 1. The molecule has 154 valence electrons. The molecule has 1 aliphatic rings. The van der Waals surface area contributed by atoms with Gasteiger partial charge in [0.15, 0.2) is 19.5 Å². The number of nitrogen functional groups attached to an aromatic ring is 1. The molecule has 31 heavy (non-hydrogen) atoms. The van der Waals surface area contributed by atoms with Gasteiger partial charge < -0.3 is 15.7 Å². The molecule has 11 heteroatoms. The summed E-state index contributed by atoms with van der Waals surface area (Å²) in [6.07, 6.45) is 1.34. The molecule has 1 unspecified atom stereocenters. The van der Waals surface area contributed by atoms with E-state index >= 15 is 0 Å². The Bertz CT molecular complexity index is 1220. The number of H-pyrrole nitrogens is 1. The lowest BCUT2D eigenvalue weighted by Gasteiger charge is -2.06. The predicted molar refractivity (Wildman–Crippen MR) is 116 cm³/mol. The number of carbonyl (C=O) groups is 1. The first-order valence-electron chi connectivity index (χ1n) is 9.51. The molecule has 5 rings (SSSR count). The van der Waals surface area contributed by atoms with Gasteiger partial charge in [0, 0.05) is 24.7 Å². The van der Waals surface area contributed by atoms with E-state index < -0.39 is 6.10 Å². The number of carbonyl (C=O) groups excluding carboxylic acids is 1. The molecule has 4 N–H and O–H groups in total. The van der Waals surface area contributed by atoms with Crippen molar-refractivity contribution in [3.8, 4) is 22.6 Å². The number of likely N-dealkylation sites (tertiary alicyclic amines) is 1. The summed E-state index contributed by atoms with van der Waals surface area (Å²) in [6, 6.07) is 11.5. The van der Waals surface area contributed by atoms with Crippen LogP contribution in [-0.4, -0.2) is 73.6 Å². The lowest BCUT2D eigenvalue weighted by Crippen LogP contribution is -2.24. The molecule has 10 nitrogen and oxygen atoms in total. The quantitative estimate of drug-likeness (QED) is 0.390. The number of fused-ring (bicyclic) bond motifs is 1. The van der Waals surface area contributed by atoms with Crippen molar-refractivity contribution in [3.05, 3.63) is 42.7 Å². The largest absolute Gasteiger partial charge is 0.383 e. The summed E-state index contributed by atoms with van der Waals surface area (Å²) in [4.78, 5) is 28.9. The summed E-state index contributed by atoms with van der Waals surface area (Å²) in [5.74, 6) is 0.814. The molecule has 0 bridgehead atoms. The van der Waals surface area contributed by atoms with Crippen LogP contribution in [0.2, 0.25) is 0 Å². The van der Waals surface area contributed by atoms with Gasteiger partial charge in [-0.25, -0.2) is 19.9 Å². The molecule has 1 fully saturated rings. The Morgan fingerprint density at radius 1 is 1.19 bits per heavy atom. The molecule has 3 aromatic heterocycles. The molecule has 4 aromatic rings. The fourth-order valence-electron chi connectivity index (χ4n) is 3.19. The number of pyridine rings is 1. The molecule has 1 aromatic carbocycles. The zero-order valence-corrected chi connectivity index (χ0v) is 16.7. The van der Waals surface area contributed by atoms with Crippen LogP contribution in [0.4, 0.5) is 5.82 Å². The number of amides is 1. The lowest BCUT2D eigenvalue weighted by molar-refractivity contribution is -0.133. The Morgan fingerprint density at radius 2 is 2.00 bits per heavy atom. The molecule has 1 saturated heterocycles. The van der Waals surface area contributed by atoms with Gasteiger partial charge in [-0.2, -0.15) is 5.10 Å². The van der Waals surface area contributed by atoms with Crippen molar-refractivity contribution in [2.45, 2.75) is 12.5 Å². The number of nitrogens with two attached hydrogens (primary N) is 1. The smallest absolute Gasteiger partial charge is 0.251 e. The van der Waals surface area contributed by atoms with Crippen molar-refractivity contribution in [1.29, 1.82) is 0 Å². The number of aromatic amines is 1. The molecule has 0 saturated carbocycles. The van der Waals surface area contributed by atoms with E-state index in [2.05, 4.69) is 30.1 Å². The van der Waals surface area contributed by atoms with Crippen molar-refractivity contribution >= 4 is 36.3 Å². The number of hydrogen-bond donors (Lipinski definition) is 3. The van der Waals surface area contributed by atoms with Gasteiger partial charge in [-0.3, -0.25) is 9.89 Å². The minimum absolute atomic E-state index is 0.136. The van der Waals surface area contributed by atoms with Gasteiger partial charge in [0.2, 0.25) is 0 Å². The number of nitrogens with zero attached hydrogens (tertiary/aromatic N) is 6. The van der Waals surface area contributed by atoms with Gasteiger partial charge >= 0.3 is 0 Å². The van der Waals surface area contributed by atoms with E-state index in [0.717, 1.165) is 16.8 Å². The highest BCUT2D eigenvalue weighted by atomic mass is 16.3. The van der Waals surface area contributed by atoms with Crippen LogP contribution in [0.3, 0.4) is 0 Å². The minimum atomic E-state index is -0.722. The van der Waals surface area contributed by atoms with E-state index in [1.54, 1.807) is 7.05 Å². The third-order valence-corrected chi connectivity index (χ3v) is 4.83. The molecule has 2 radical (unpaired) electrons. The van der Waals surface area contributed by atoms with Crippen molar-refractivity contribution < 1.29 is 9.90 Å². The second kappa shape index (κ2) is 8.48. The van der Waals surface area contributed by atoms with Gasteiger partial charge in [0.1, 0.15) is 17.9 Å². The minimum Gasteiger partial charge on any atom is -0.383 e. The first kappa shape index (κ1) is 20.4. The fraction of sp³-hybridized carbons (Fsp3) is 0.200. The van der Waals surface area contributed by atoms with Gasteiger partial charge in [-0.1, -0.05) is 18.2 Å². The van der Waals surface area contributed by atoms with Crippen LogP contribution < -0.4 is 11.5 Å². The average molecular weight is 414 g/mol. The van der Waals surface area contributed by atoms with E-state index in [4.69, 9.17) is 18.7 Å². The summed E-state index contributed by atoms with van der Waals surface area (Å²) in [6.45, 7) is 0.694. The van der Waals surface area contributed by atoms with Crippen molar-refractivity contribution in [3.63, 3.8) is 0 Å². The third kappa shape index (κ3) is 4.36. The number of likely N-dealkylation sites (N-methyl/N-ethyl adjacent to an activating group) is 1. The number of rotatable bonds is 2.